The van der Waals surface area contributed by atoms with E-state index in [1.54, 1.807) is 18.4 Å². The number of ether oxygens (including phenoxy) is 5. The Labute approximate surface area is 275 Å². The summed E-state index contributed by atoms with van der Waals surface area (Å²) in [6, 6.07) is 1.09. The van der Waals surface area contributed by atoms with Crippen LogP contribution in [0.15, 0.2) is 46.0 Å². The first-order valence-corrected chi connectivity index (χ1v) is 17.5. The molecule has 4 unspecified atom stereocenters. The zero-order valence-corrected chi connectivity index (χ0v) is 27.6. The number of aliphatic hydroxyl groups is 2. The van der Waals surface area contributed by atoms with E-state index < -0.39 is 79.9 Å². The van der Waals surface area contributed by atoms with Gasteiger partial charge in [-0.3, -0.25) is 23.4 Å². The molecule has 1 saturated heterocycles. The van der Waals surface area contributed by atoms with E-state index in [0.29, 0.717) is 22.5 Å². The molecule has 262 valence electrons. The summed E-state index contributed by atoms with van der Waals surface area (Å²) in [5, 5.41) is 21.1. The number of carbonyl (C=O) groups is 1. The third kappa shape index (κ3) is 7.83. The molecular formula is C26H34N7O13PS. The van der Waals surface area contributed by atoms with Gasteiger partial charge in [0.25, 0.3) is 5.56 Å². The van der Waals surface area contributed by atoms with E-state index >= 15 is 0 Å². The van der Waals surface area contributed by atoms with E-state index in [1.807, 2.05) is 0 Å². The largest absolute Gasteiger partial charge is 0.509 e. The predicted octanol–water partition coefficient (Wildman–Crippen LogP) is 1.04. The van der Waals surface area contributed by atoms with Crippen molar-refractivity contribution in [3.05, 3.63) is 57.3 Å². The number of hydrogen-bond donors (Lipinski definition) is 4. The number of nitrogen functional groups attached to an aromatic ring is 1. The number of nitrogens with zero attached hydrogens (tertiary/aromatic N) is 5. The average molecular weight is 716 g/mol. The van der Waals surface area contributed by atoms with Gasteiger partial charge in [0.05, 0.1) is 31.6 Å². The number of methoxy groups -OCH3 is 1. The first-order chi connectivity index (χ1) is 22.9. The Bertz CT molecular complexity index is 1810. The summed E-state index contributed by atoms with van der Waals surface area (Å²) in [5.41, 5.74) is 5.25. The van der Waals surface area contributed by atoms with E-state index in [1.165, 1.54) is 26.0 Å². The molecule has 0 bridgehead atoms. The van der Waals surface area contributed by atoms with E-state index in [4.69, 9.17) is 38.5 Å². The first kappa shape index (κ1) is 35.3. The summed E-state index contributed by atoms with van der Waals surface area (Å²) in [5.74, 6) is -1.12. The lowest BCUT2D eigenvalue weighted by atomic mass is 10.1. The fourth-order valence-corrected chi connectivity index (χ4v) is 7.65. The lowest BCUT2D eigenvalue weighted by Gasteiger charge is -2.27. The first-order valence-electron chi connectivity index (χ1n) is 14.4. The molecule has 3 aromatic rings. The Kier molecular flexibility index (Phi) is 11.1. The van der Waals surface area contributed by atoms with Crippen molar-refractivity contribution in [1.82, 2.24) is 29.1 Å². The Morgan fingerprint density at radius 1 is 1.27 bits per heavy atom. The number of rotatable bonds is 14. The van der Waals surface area contributed by atoms with Crippen molar-refractivity contribution in [3.63, 3.8) is 0 Å². The summed E-state index contributed by atoms with van der Waals surface area (Å²) < 4.78 is 55.5. The Morgan fingerprint density at radius 2 is 2.06 bits per heavy atom. The Balaban J connectivity index is 1.34. The summed E-state index contributed by atoms with van der Waals surface area (Å²) in [6.07, 6.45) is -2.42. The van der Waals surface area contributed by atoms with Gasteiger partial charge in [0.2, 0.25) is 0 Å². The fourth-order valence-electron chi connectivity index (χ4n) is 4.94. The molecule has 0 spiro atoms. The molecule has 5 heterocycles. The Morgan fingerprint density at radius 3 is 2.77 bits per heavy atom. The van der Waals surface area contributed by atoms with Gasteiger partial charge in [0, 0.05) is 37.3 Å². The van der Waals surface area contributed by atoms with Crippen LogP contribution in [0.2, 0.25) is 0 Å². The van der Waals surface area contributed by atoms with Crippen LogP contribution >= 0.6 is 18.2 Å². The minimum atomic E-state index is -4.39. The topological polar surface area (TPSA) is 264 Å². The summed E-state index contributed by atoms with van der Waals surface area (Å²) in [4.78, 5) is 50.5. The lowest BCUT2D eigenvalue weighted by molar-refractivity contribution is -0.0625. The van der Waals surface area contributed by atoms with Gasteiger partial charge in [0.1, 0.15) is 42.5 Å². The quantitative estimate of drug-likeness (QED) is 0.103. The van der Waals surface area contributed by atoms with Gasteiger partial charge in [-0.25, -0.2) is 29.1 Å². The van der Waals surface area contributed by atoms with Crippen molar-refractivity contribution in [3.8, 4) is 0 Å². The van der Waals surface area contributed by atoms with Gasteiger partial charge < -0.3 is 44.2 Å². The van der Waals surface area contributed by atoms with Crippen LogP contribution < -0.4 is 17.0 Å². The van der Waals surface area contributed by atoms with Gasteiger partial charge in [-0.15, -0.1) is 0 Å². The molecule has 3 aromatic heterocycles. The lowest BCUT2D eigenvalue weighted by Crippen LogP contribution is -2.39. The van der Waals surface area contributed by atoms with Crippen LogP contribution in [-0.4, -0.2) is 103 Å². The number of aromatic nitrogens is 6. The van der Waals surface area contributed by atoms with E-state index in [9.17, 15) is 29.2 Å². The van der Waals surface area contributed by atoms with Crippen LogP contribution in [-0.2, 0) is 43.8 Å². The van der Waals surface area contributed by atoms with Gasteiger partial charge in [-0.2, -0.15) is 0 Å². The smallest absolute Gasteiger partial charge is 0.508 e. The zero-order valence-electron chi connectivity index (χ0n) is 25.9. The molecule has 20 nitrogen and oxygen atoms in total. The number of hydrogen-bond acceptors (Lipinski definition) is 18. The summed E-state index contributed by atoms with van der Waals surface area (Å²) in [6.45, 7) is -2.12. The van der Waals surface area contributed by atoms with Crippen molar-refractivity contribution >= 4 is 41.3 Å². The molecule has 0 saturated carbocycles. The summed E-state index contributed by atoms with van der Waals surface area (Å²) in [7, 11) is 1.27. The number of anilines is 1. The highest BCUT2D eigenvalue weighted by Crippen LogP contribution is 2.63. The van der Waals surface area contributed by atoms with Crippen LogP contribution in [0.3, 0.4) is 0 Å². The standard InChI is InChI=1S/C26H34N7O13PS/c1-13(2)44-26(38)42-12-48-47(39,46-20-15(7-34)45-24(21(20)40-3)33-5-4-17(35)31-25(33)37)43-9-16-19(36)14(8-41-16)6-32-11-30-18-22(27)28-10-29-23(18)32/h4-5,10-11,13-15,20-21,24,34,36H,6-9,12H2,1-3H3,(H2,27,28,29)(H,31,35,37)/t14?,15-,20?,21?,24-,47?/m1/s1. The molecule has 0 amide bonds. The highest BCUT2D eigenvalue weighted by atomic mass is 32.7. The van der Waals surface area contributed by atoms with E-state index in [-0.39, 0.29) is 30.5 Å². The molecule has 5 N–H and O–H groups in total. The number of aromatic amines is 1. The van der Waals surface area contributed by atoms with Crippen LogP contribution in [0.5, 0.6) is 0 Å². The van der Waals surface area contributed by atoms with Crippen LogP contribution in [0.1, 0.15) is 20.1 Å². The number of aliphatic hydroxyl groups excluding tert-OH is 2. The average Bonchev–Trinajstić information content (AvgIpc) is 3.71. The van der Waals surface area contributed by atoms with Gasteiger partial charge >= 0.3 is 18.6 Å². The molecule has 48 heavy (non-hydrogen) atoms. The second-order valence-corrected chi connectivity index (χ2v) is 14.7. The maximum Gasteiger partial charge on any atom is 0.509 e. The van der Waals surface area contributed by atoms with Crippen molar-refractivity contribution in [2.45, 2.75) is 51.0 Å². The van der Waals surface area contributed by atoms with Crippen molar-refractivity contribution < 1.29 is 52.3 Å². The maximum atomic E-state index is 14.2. The maximum absolute atomic E-state index is 14.2. The molecule has 22 heteroatoms. The van der Waals surface area contributed by atoms with Crippen LogP contribution in [0, 0.1) is 5.92 Å². The van der Waals surface area contributed by atoms with Crippen molar-refractivity contribution in [1.29, 1.82) is 0 Å². The molecule has 2 aliphatic rings. The van der Waals surface area contributed by atoms with Gasteiger partial charge in [-0.05, 0) is 13.8 Å². The molecule has 1 fully saturated rings. The van der Waals surface area contributed by atoms with Crippen LogP contribution in [0.4, 0.5) is 10.6 Å². The number of H-pyrrole nitrogens is 1. The third-order valence-corrected chi connectivity index (χ3v) is 10.5. The normalized spacial score (nSPS) is 23.8. The highest BCUT2D eigenvalue weighted by Gasteiger charge is 2.50. The molecular weight excluding hydrogens is 681 g/mol. The Hall–Kier alpha value is -3.98. The van der Waals surface area contributed by atoms with Gasteiger partial charge in [0.15, 0.2) is 29.4 Å². The fraction of sp³-hybridized carbons (Fsp3) is 0.538. The van der Waals surface area contributed by atoms with Gasteiger partial charge in [-0.1, -0.05) is 0 Å². The van der Waals surface area contributed by atoms with E-state index in [2.05, 4.69) is 19.9 Å². The molecule has 6 atom stereocenters. The minimum absolute atomic E-state index is 0.0366. The van der Waals surface area contributed by atoms with Crippen LogP contribution in [0.25, 0.3) is 11.2 Å². The highest BCUT2D eigenvalue weighted by molar-refractivity contribution is 8.55. The SMILES string of the molecule is COC1C(OP(=O)(OCC2=C(O)C(Cn3cnc4c(N)ncnc43)CO2)SCOC(=O)OC(C)C)[C@@H](CO)O[C@H]1n1ccc(=O)[nH]c1=O. The zero-order chi connectivity index (χ0) is 34.6. The molecule has 0 aromatic carbocycles. The monoisotopic (exact) mass is 715 g/mol. The summed E-state index contributed by atoms with van der Waals surface area (Å²) >= 11 is 0.466. The number of nitrogens with one attached hydrogen (secondary N) is 1. The number of carbonyl (C=O) groups excluding carboxylic acids is 1. The van der Waals surface area contributed by atoms with E-state index in [0.717, 1.165) is 10.6 Å². The third-order valence-electron chi connectivity index (χ3n) is 7.16. The molecule has 5 rings (SSSR count). The minimum Gasteiger partial charge on any atom is -0.508 e. The molecule has 2 aliphatic heterocycles. The second kappa shape index (κ2) is 15.1. The predicted molar refractivity (Wildman–Crippen MR) is 166 cm³/mol. The second-order valence-electron chi connectivity index (χ2n) is 10.7. The molecule has 0 radical (unpaired) electrons. The number of nitrogens with two attached hydrogens (primary N) is 1. The van der Waals surface area contributed by atoms with Crippen molar-refractivity contribution in [2.75, 3.05) is 38.6 Å². The molecule has 0 aliphatic carbocycles. The number of fused-ring (bicyclic) bond motifs is 1. The number of imidazole rings is 1. The van der Waals surface area contributed by atoms with Crippen molar-refractivity contribution in [2.24, 2.45) is 5.92 Å².